The summed E-state index contributed by atoms with van der Waals surface area (Å²) in [4.78, 5) is 41.2. The van der Waals surface area contributed by atoms with Crippen LogP contribution >= 0.6 is 0 Å². The SMILES string of the molecule is O=C(Nc1ccn([C@H]2O[C@@H](CO)[C@H](O)C2(F)F)c(=O)n1)c1ccc(-n2[se]c3ccccc3c2=O)cc1. The number of carbonyl (C=O) groups is 1. The summed E-state index contributed by atoms with van der Waals surface area (Å²) in [6.45, 7) is -0.859. The van der Waals surface area contributed by atoms with Gasteiger partial charge in [0.15, 0.2) is 6.10 Å². The Morgan fingerprint density at radius 2 is 1.86 bits per heavy atom. The Labute approximate surface area is 207 Å². The van der Waals surface area contributed by atoms with E-state index in [9.17, 15) is 28.3 Å². The molecule has 4 aromatic rings. The van der Waals surface area contributed by atoms with Gasteiger partial charge in [0, 0.05) is 0 Å². The third-order valence-corrected chi connectivity index (χ3v) is 8.07. The van der Waals surface area contributed by atoms with Crippen LogP contribution in [0.1, 0.15) is 16.6 Å². The van der Waals surface area contributed by atoms with Gasteiger partial charge < -0.3 is 14.9 Å². The van der Waals surface area contributed by atoms with Gasteiger partial charge in [-0.3, -0.25) is 0 Å². The van der Waals surface area contributed by atoms with Gasteiger partial charge in [-0.25, -0.2) is 0 Å². The van der Waals surface area contributed by atoms with E-state index in [4.69, 9.17) is 9.84 Å². The molecule has 3 N–H and O–H groups in total. The van der Waals surface area contributed by atoms with Gasteiger partial charge >= 0.3 is 164 Å². The van der Waals surface area contributed by atoms with Gasteiger partial charge in [0.25, 0.3) is 0 Å². The van der Waals surface area contributed by atoms with Crippen LogP contribution in [0.5, 0.6) is 0 Å². The number of aromatic nitrogens is 3. The summed E-state index contributed by atoms with van der Waals surface area (Å²) in [6, 6.07) is 14.8. The van der Waals surface area contributed by atoms with E-state index in [0.29, 0.717) is 15.6 Å². The van der Waals surface area contributed by atoms with Crippen molar-refractivity contribution in [2.45, 2.75) is 24.4 Å². The fourth-order valence-electron chi connectivity index (χ4n) is 3.86. The molecule has 0 spiro atoms. The molecule has 3 atom stereocenters. The normalized spacial score (nSPS) is 21.1. The topological polar surface area (TPSA) is 136 Å². The van der Waals surface area contributed by atoms with Crippen molar-refractivity contribution in [1.29, 1.82) is 0 Å². The Hall–Kier alpha value is -3.48. The predicted molar refractivity (Wildman–Crippen MR) is 125 cm³/mol. The number of amides is 1. The first-order chi connectivity index (χ1) is 17.2. The summed E-state index contributed by atoms with van der Waals surface area (Å²) < 4.78 is 36.7. The maximum absolute atomic E-state index is 14.3. The molecule has 0 aliphatic carbocycles. The summed E-state index contributed by atoms with van der Waals surface area (Å²) in [5.41, 5.74) is -0.398. The average molecular weight is 563 g/mol. The van der Waals surface area contributed by atoms with E-state index < -0.39 is 42.6 Å². The van der Waals surface area contributed by atoms with E-state index in [1.54, 1.807) is 27.8 Å². The Morgan fingerprint density at radius 1 is 1.14 bits per heavy atom. The molecule has 2 aromatic carbocycles. The monoisotopic (exact) mass is 564 g/mol. The van der Waals surface area contributed by atoms with Gasteiger partial charge in [-0.05, 0) is 0 Å². The molecule has 13 heteroatoms. The number of rotatable bonds is 5. The van der Waals surface area contributed by atoms with Gasteiger partial charge in [0.05, 0.1) is 6.61 Å². The molecule has 1 amide bonds. The van der Waals surface area contributed by atoms with Crippen molar-refractivity contribution in [3.8, 4) is 5.69 Å². The minimum absolute atomic E-state index is 0.109. The molecule has 5 rings (SSSR count). The second kappa shape index (κ2) is 9.19. The molecule has 1 aliphatic heterocycles. The van der Waals surface area contributed by atoms with Crippen LogP contribution in [0.15, 0.2) is 70.4 Å². The van der Waals surface area contributed by atoms with Crippen molar-refractivity contribution >= 4 is 36.1 Å². The number of hydrogen-bond acceptors (Lipinski definition) is 7. The molecule has 0 radical (unpaired) electrons. The van der Waals surface area contributed by atoms with Crippen LogP contribution in [0.25, 0.3) is 15.3 Å². The molecule has 0 saturated carbocycles. The van der Waals surface area contributed by atoms with Crippen LogP contribution in [0.4, 0.5) is 14.6 Å². The Kier molecular flexibility index (Phi) is 6.18. The fraction of sp³-hybridized carbons (Fsp3) is 0.217. The number of nitrogens with one attached hydrogen (secondary N) is 1. The molecular formula is C23H18F2N4O6Se. The Balaban J connectivity index is 1.33. The van der Waals surface area contributed by atoms with Crippen LogP contribution in [-0.2, 0) is 4.74 Å². The number of aliphatic hydroxyl groups is 2. The van der Waals surface area contributed by atoms with Gasteiger partial charge in [-0.2, -0.15) is 8.78 Å². The van der Waals surface area contributed by atoms with E-state index in [1.165, 1.54) is 12.1 Å². The third-order valence-electron chi connectivity index (χ3n) is 5.74. The van der Waals surface area contributed by atoms with E-state index in [-0.39, 0.29) is 31.7 Å². The Morgan fingerprint density at radius 3 is 2.50 bits per heavy atom. The van der Waals surface area contributed by atoms with Gasteiger partial charge in [-0.15, -0.1) is 0 Å². The summed E-state index contributed by atoms with van der Waals surface area (Å²) in [6.07, 6.45) is -5.07. The number of aliphatic hydroxyl groups excluding tert-OH is 2. The van der Waals surface area contributed by atoms with Crippen molar-refractivity contribution in [2.24, 2.45) is 0 Å². The number of nitrogens with zero attached hydrogens (tertiary/aromatic N) is 3. The average Bonchev–Trinajstić information content (AvgIpc) is 3.32. The van der Waals surface area contributed by atoms with Crippen molar-refractivity contribution < 1.29 is 28.5 Å². The fourth-order valence-corrected chi connectivity index (χ4v) is 5.95. The van der Waals surface area contributed by atoms with Crippen LogP contribution < -0.4 is 16.6 Å². The minimum atomic E-state index is -3.84. The quantitative estimate of drug-likeness (QED) is 0.305. The van der Waals surface area contributed by atoms with Crippen LogP contribution in [0.3, 0.4) is 0 Å². The second-order valence-corrected chi connectivity index (χ2v) is 10.1. The molecule has 1 saturated heterocycles. The van der Waals surface area contributed by atoms with Crippen molar-refractivity contribution in [3.05, 3.63) is 87.2 Å². The number of fused-ring (bicyclic) bond motifs is 1. The molecule has 186 valence electrons. The molecule has 3 heterocycles. The van der Waals surface area contributed by atoms with Crippen LogP contribution in [0.2, 0.25) is 0 Å². The zero-order valence-corrected chi connectivity index (χ0v) is 20.0. The van der Waals surface area contributed by atoms with Crippen LogP contribution in [-0.4, -0.2) is 68.7 Å². The zero-order chi connectivity index (χ0) is 25.6. The van der Waals surface area contributed by atoms with Crippen LogP contribution in [0, 0.1) is 0 Å². The molecule has 1 aliphatic rings. The first-order valence-electron chi connectivity index (χ1n) is 10.6. The first-order valence-corrected chi connectivity index (χ1v) is 12.3. The summed E-state index contributed by atoms with van der Waals surface area (Å²) in [5.74, 6) is -4.63. The first kappa shape index (κ1) is 24.2. The number of ether oxygens (including phenoxy) is 1. The summed E-state index contributed by atoms with van der Waals surface area (Å²) in [5, 5.41) is 21.8. The molecule has 1 fully saturated rings. The van der Waals surface area contributed by atoms with E-state index in [2.05, 4.69) is 10.3 Å². The molecule has 0 unspecified atom stereocenters. The standard InChI is InChI=1S/C23H18F2N4O6Se/c24-23(25)18(31)15(11-30)35-21(23)28-10-9-17(27-22(28)34)26-19(32)12-5-7-13(8-6-12)29-20(33)14-3-1-2-4-16(14)36-29/h1-10,15,18,21,30-31H,11H2,(H,26,27,32,34)/t15-,18-,21-/m0/s1. The molecule has 36 heavy (non-hydrogen) atoms. The van der Waals surface area contributed by atoms with E-state index in [0.717, 1.165) is 16.5 Å². The van der Waals surface area contributed by atoms with Gasteiger partial charge in [-0.1, -0.05) is 0 Å². The summed E-state index contributed by atoms with van der Waals surface area (Å²) >= 11 is -0.224. The second-order valence-electron chi connectivity index (χ2n) is 8.02. The predicted octanol–water partition coefficient (Wildman–Crippen LogP) is 0.743. The number of benzene rings is 2. The molecule has 10 nitrogen and oxygen atoms in total. The molecule has 0 bridgehead atoms. The number of carbonyl (C=O) groups excluding carboxylic acids is 1. The molecule has 2 aromatic heterocycles. The number of hydrogen-bond donors (Lipinski definition) is 3. The van der Waals surface area contributed by atoms with Crippen molar-refractivity contribution in [1.82, 2.24) is 13.1 Å². The van der Waals surface area contributed by atoms with Crippen molar-refractivity contribution in [3.63, 3.8) is 0 Å². The zero-order valence-electron chi connectivity index (χ0n) is 18.2. The van der Waals surface area contributed by atoms with Crippen molar-refractivity contribution in [2.75, 3.05) is 11.9 Å². The molecular weight excluding hydrogens is 545 g/mol. The maximum atomic E-state index is 14.3. The number of alkyl halides is 2. The summed E-state index contributed by atoms with van der Waals surface area (Å²) in [7, 11) is 0. The Bertz CT molecular complexity index is 1570. The van der Waals surface area contributed by atoms with Gasteiger partial charge in [0.2, 0.25) is 0 Å². The van der Waals surface area contributed by atoms with E-state index >= 15 is 0 Å². The van der Waals surface area contributed by atoms with E-state index in [1.807, 2.05) is 12.1 Å². The third kappa shape index (κ3) is 4.10. The number of anilines is 1. The number of halogens is 2. The van der Waals surface area contributed by atoms with Gasteiger partial charge in [0.1, 0.15) is 6.10 Å².